The van der Waals surface area contributed by atoms with Gasteiger partial charge < -0.3 is 14.6 Å². The molecule has 0 saturated carbocycles. The van der Waals surface area contributed by atoms with Gasteiger partial charge in [0.2, 0.25) is 5.91 Å². The first kappa shape index (κ1) is 19.4. The Balaban J connectivity index is 1.59. The Morgan fingerprint density at radius 2 is 2.15 bits per heavy atom. The average molecular weight is 371 g/mol. The van der Waals surface area contributed by atoms with Crippen molar-refractivity contribution in [3.05, 3.63) is 41.5 Å². The van der Waals surface area contributed by atoms with Crippen molar-refractivity contribution in [2.75, 3.05) is 20.2 Å². The molecule has 146 valence electrons. The second-order valence-corrected chi connectivity index (χ2v) is 7.09. The zero-order chi connectivity index (χ0) is 19.2. The van der Waals surface area contributed by atoms with Crippen LogP contribution in [0.5, 0.6) is 5.75 Å². The summed E-state index contributed by atoms with van der Waals surface area (Å²) >= 11 is 0. The Kier molecular flexibility index (Phi) is 6.45. The Bertz CT molecular complexity index is 773. The van der Waals surface area contributed by atoms with Crippen LogP contribution in [0, 0.1) is 5.92 Å². The fourth-order valence-electron chi connectivity index (χ4n) is 3.27. The Morgan fingerprint density at radius 3 is 2.93 bits per heavy atom. The number of benzene rings is 1. The van der Waals surface area contributed by atoms with E-state index in [0.29, 0.717) is 6.54 Å². The van der Waals surface area contributed by atoms with Gasteiger partial charge in [-0.05, 0) is 24.1 Å². The SMILES string of the molecule is CCC(C)C(=O)NCc1nnc2n1CCN(Cc1cccc(OC)c1)CC2. The van der Waals surface area contributed by atoms with E-state index < -0.39 is 0 Å². The number of amides is 1. The van der Waals surface area contributed by atoms with Crippen molar-refractivity contribution in [2.24, 2.45) is 5.92 Å². The summed E-state index contributed by atoms with van der Waals surface area (Å²) in [5.74, 6) is 2.82. The van der Waals surface area contributed by atoms with Gasteiger partial charge in [-0.25, -0.2) is 0 Å². The molecule has 1 aliphatic rings. The number of fused-ring (bicyclic) bond motifs is 1. The molecule has 2 heterocycles. The Morgan fingerprint density at radius 1 is 1.30 bits per heavy atom. The second kappa shape index (κ2) is 8.99. The monoisotopic (exact) mass is 371 g/mol. The van der Waals surface area contributed by atoms with Crippen LogP contribution in [0.4, 0.5) is 0 Å². The molecule has 3 rings (SSSR count). The molecule has 0 bridgehead atoms. The van der Waals surface area contributed by atoms with Crippen LogP contribution < -0.4 is 10.1 Å². The van der Waals surface area contributed by atoms with Crippen molar-refractivity contribution in [1.29, 1.82) is 0 Å². The van der Waals surface area contributed by atoms with Crippen LogP contribution in [0.1, 0.15) is 37.5 Å². The number of rotatable bonds is 7. The molecule has 2 aromatic rings. The van der Waals surface area contributed by atoms with E-state index in [1.807, 2.05) is 26.0 Å². The summed E-state index contributed by atoms with van der Waals surface area (Å²) in [4.78, 5) is 14.4. The molecule has 1 atom stereocenters. The second-order valence-electron chi connectivity index (χ2n) is 7.09. The van der Waals surface area contributed by atoms with Gasteiger partial charge in [-0.15, -0.1) is 10.2 Å². The molecule has 1 unspecified atom stereocenters. The topological polar surface area (TPSA) is 72.3 Å². The third-order valence-corrected chi connectivity index (χ3v) is 5.22. The lowest BCUT2D eigenvalue weighted by molar-refractivity contribution is -0.124. The van der Waals surface area contributed by atoms with Crippen LogP contribution in [0.2, 0.25) is 0 Å². The smallest absolute Gasteiger partial charge is 0.223 e. The summed E-state index contributed by atoms with van der Waals surface area (Å²) in [5, 5.41) is 11.6. The number of carbonyl (C=O) groups excluding carboxylic acids is 1. The third-order valence-electron chi connectivity index (χ3n) is 5.22. The van der Waals surface area contributed by atoms with Crippen molar-refractivity contribution in [3.63, 3.8) is 0 Å². The number of carbonyl (C=O) groups is 1. The van der Waals surface area contributed by atoms with Gasteiger partial charge in [0.15, 0.2) is 5.82 Å². The summed E-state index contributed by atoms with van der Waals surface area (Å²) in [6, 6.07) is 8.20. The number of hydrogen-bond acceptors (Lipinski definition) is 5. The number of aromatic nitrogens is 3. The molecule has 0 fully saturated rings. The van der Waals surface area contributed by atoms with Crippen molar-refractivity contribution in [2.45, 2.75) is 46.3 Å². The van der Waals surface area contributed by atoms with Crippen LogP contribution in [0.25, 0.3) is 0 Å². The first-order valence-electron chi connectivity index (χ1n) is 9.64. The minimum atomic E-state index is 0.0230. The van der Waals surface area contributed by atoms with Gasteiger partial charge >= 0.3 is 0 Å². The van der Waals surface area contributed by atoms with Crippen LogP contribution in [-0.2, 0) is 30.8 Å². The molecule has 27 heavy (non-hydrogen) atoms. The molecule has 1 N–H and O–H groups in total. The van der Waals surface area contributed by atoms with Crippen molar-refractivity contribution < 1.29 is 9.53 Å². The molecule has 0 aliphatic carbocycles. The molecule has 0 spiro atoms. The van der Waals surface area contributed by atoms with E-state index in [9.17, 15) is 4.79 Å². The zero-order valence-electron chi connectivity index (χ0n) is 16.4. The van der Waals surface area contributed by atoms with Gasteiger partial charge in [0, 0.05) is 38.5 Å². The van der Waals surface area contributed by atoms with Crippen molar-refractivity contribution in [1.82, 2.24) is 25.0 Å². The van der Waals surface area contributed by atoms with Crippen molar-refractivity contribution in [3.8, 4) is 5.75 Å². The normalized spacial score (nSPS) is 15.7. The van der Waals surface area contributed by atoms with Gasteiger partial charge in [-0.2, -0.15) is 0 Å². The van der Waals surface area contributed by atoms with Crippen LogP contribution in [0.15, 0.2) is 24.3 Å². The summed E-state index contributed by atoms with van der Waals surface area (Å²) in [7, 11) is 1.69. The van der Waals surface area contributed by atoms with E-state index in [1.165, 1.54) is 5.56 Å². The molecule has 7 heteroatoms. The van der Waals surface area contributed by atoms with Gasteiger partial charge in [-0.3, -0.25) is 9.69 Å². The number of nitrogens with zero attached hydrogens (tertiary/aromatic N) is 4. The Labute approximate surface area is 160 Å². The maximum absolute atomic E-state index is 12.0. The molecule has 1 aromatic carbocycles. The summed E-state index contributed by atoms with van der Waals surface area (Å²) in [5.41, 5.74) is 1.24. The van der Waals surface area contributed by atoms with E-state index in [0.717, 1.165) is 56.4 Å². The maximum Gasteiger partial charge on any atom is 0.223 e. The van der Waals surface area contributed by atoms with Crippen LogP contribution in [-0.4, -0.2) is 45.8 Å². The number of hydrogen-bond donors (Lipinski definition) is 1. The largest absolute Gasteiger partial charge is 0.497 e. The van der Waals surface area contributed by atoms with E-state index in [-0.39, 0.29) is 11.8 Å². The lowest BCUT2D eigenvalue weighted by Gasteiger charge is -2.20. The molecule has 0 radical (unpaired) electrons. The molecular formula is C20H29N5O2. The van der Waals surface area contributed by atoms with E-state index in [4.69, 9.17) is 4.74 Å². The molecular weight excluding hydrogens is 342 g/mol. The number of ether oxygens (including phenoxy) is 1. The average Bonchev–Trinajstić information content (AvgIpc) is 2.98. The van der Waals surface area contributed by atoms with Crippen LogP contribution >= 0.6 is 0 Å². The maximum atomic E-state index is 12.0. The molecule has 7 nitrogen and oxygen atoms in total. The highest BCUT2D eigenvalue weighted by Crippen LogP contribution is 2.16. The molecule has 0 saturated heterocycles. The molecule has 1 amide bonds. The summed E-state index contributed by atoms with van der Waals surface area (Å²) < 4.78 is 7.47. The predicted octanol–water partition coefficient (Wildman–Crippen LogP) is 2.01. The highest BCUT2D eigenvalue weighted by molar-refractivity contribution is 5.78. The van der Waals surface area contributed by atoms with E-state index >= 15 is 0 Å². The minimum absolute atomic E-state index is 0.0230. The van der Waals surface area contributed by atoms with E-state index in [2.05, 4.69) is 37.1 Å². The highest BCUT2D eigenvalue weighted by Gasteiger charge is 2.19. The summed E-state index contributed by atoms with van der Waals surface area (Å²) in [6.07, 6.45) is 1.69. The number of methoxy groups -OCH3 is 1. The van der Waals surface area contributed by atoms with Crippen LogP contribution in [0.3, 0.4) is 0 Å². The summed E-state index contributed by atoms with van der Waals surface area (Å²) in [6.45, 7) is 7.98. The highest BCUT2D eigenvalue weighted by atomic mass is 16.5. The number of nitrogens with one attached hydrogen (secondary N) is 1. The van der Waals surface area contributed by atoms with Gasteiger partial charge in [0.1, 0.15) is 11.6 Å². The van der Waals surface area contributed by atoms with Gasteiger partial charge in [0.25, 0.3) is 0 Å². The minimum Gasteiger partial charge on any atom is -0.497 e. The molecule has 1 aromatic heterocycles. The molecule has 1 aliphatic heterocycles. The fraction of sp³-hybridized carbons (Fsp3) is 0.550. The predicted molar refractivity (Wildman–Crippen MR) is 103 cm³/mol. The zero-order valence-corrected chi connectivity index (χ0v) is 16.4. The lowest BCUT2D eigenvalue weighted by Crippen LogP contribution is -2.30. The Hall–Kier alpha value is -2.41. The lowest BCUT2D eigenvalue weighted by atomic mass is 10.1. The van der Waals surface area contributed by atoms with Gasteiger partial charge in [-0.1, -0.05) is 26.0 Å². The van der Waals surface area contributed by atoms with E-state index in [1.54, 1.807) is 7.11 Å². The van der Waals surface area contributed by atoms with Gasteiger partial charge in [0.05, 0.1) is 13.7 Å². The first-order valence-corrected chi connectivity index (χ1v) is 9.64. The van der Waals surface area contributed by atoms with Crippen molar-refractivity contribution >= 4 is 5.91 Å². The quantitative estimate of drug-likeness (QED) is 0.806. The standard InChI is InChI=1S/C20H29N5O2/c1-4-15(2)20(26)21-13-19-23-22-18-8-9-24(10-11-25(18)19)14-16-6-5-7-17(12-16)27-3/h5-7,12,15H,4,8-11,13-14H2,1-3H3,(H,21,26). The first-order chi connectivity index (χ1) is 13.1. The third kappa shape index (κ3) is 4.86. The fourth-order valence-corrected chi connectivity index (χ4v) is 3.27.